The van der Waals surface area contributed by atoms with Gasteiger partial charge in [-0.3, -0.25) is 9.69 Å². The zero-order valence-electron chi connectivity index (χ0n) is 11.0. The van der Waals surface area contributed by atoms with Crippen LogP contribution in [0, 0.1) is 11.3 Å². The maximum atomic E-state index is 12.2. The highest BCUT2D eigenvalue weighted by Crippen LogP contribution is 2.38. The number of carbonyl (C=O) groups excluding carboxylic acids is 1. The quantitative estimate of drug-likeness (QED) is 0.733. The van der Waals surface area contributed by atoms with Gasteiger partial charge in [-0.1, -0.05) is 20.8 Å². The maximum absolute atomic E-state index is 12.2. The lowest BCUT2D eigenvalue weighted by Crippen LogP contribution is -2.36. The van der Waals surface area contributed by atoms with Crippen molar-refractivity contribution in [2.45, 2.75) is 58.9 Å². The lowest BCUT2D eigenvalue weighted by atomic mass is 9.89. The molecule has 0 bridgehead atoms. The number of nitrogens with zero attached hydrogens (tertiary/aromatic N) is 1. The van der Waals surface area contributed by atoms with E-state index in [0.717, 1.165) is 25.4 Å². The molecule has 0 radical (unpaired) electrons. The van der Waals surface area contributed by atoms with Crippen molar-refractivity contribution in [1.29, 1.82) is 0 Å². The van der Waals surface area contributed by atoms with Crippen molar-refractivity contribution in [3.63, 3.8) is 0 Å². The molecule has 2 atom stereocenters. The van der Waals surface area contributed by atoms with Gasteiger partial charge in [0.1, 0.15) is 5.78 Å². The van der Waals surface area contributed by atoms with E-state index in [-0.39, 0.29) is 5.41 Å². The van der Waals surface area contributed by atoms with Gasteiger partial charge in [0.15, 0.2) is 0 Å². The Morgan fingerprint density at radius 3 is 2.69 bits per heavy atom. The molecule has 16 heavy (non-hydrogen) atoms. The Kier molecular flexibility index (Phi) is 3.39. The molecule has 2 rings (SSSR count). The lowest BCUT2D eigenvalue weighted by Gasteiger charge is -2.26. The summed E-state index contributed by atoms with van der Waals surface area (Å²) < 4.78 is 0. The molecule has 92 valence electrons. The van der Waals surface area contributed by atoms with Crippen LogP contribution < -0.4 is 0 Å². The summed E-state index contributed by atoms with van der Waals surface area (Å²) >= 11 is 0. The molecule has 2 fully saturated rings. The molecule has 0 aromatic rings. The summed E-state index contributed by atoms with van der Waals surface area (Å²) in [5.74, 6) is 0.830. The van der Waals surface area contributed by atoms with Crippen molar-refractivity contribution in [1.82, 2.24) is 4.90 Å². The van der Waals surface area contributed by atoms with Crippen LogP contribution in [0.4, 0.5) is 0 Å². The van der Waals surface area contributed by atoms with Crippen molar-refractivity contribution in [3.05, 3.63) is 0 Å². The molecule has 1 aliphatic heterocycles. The minimum atomic E-state index is -0.0495. The van der Waals surface area contributed by atoms with E-state index in [1.54, 1.807) is 0 Å². The van der Waals surface area contributed by atoms with Gasteiger partial charge in [-0.2, -0.15) is 0 Å². The molecule has 2 nitrogen and oxygen atoms in total. The molecule has 0 amide bonds. The van der Waals surface area contributed by atoms with Gasteiger partial charge < -0.3 is 0 Å². The Hall–Kier alpha value is -0.370. The Morgan fingerprint density at radius 2 is 2.12 bits per heavy atom. The highest BCUT2D eigenvalue weighted by atomic mass is 16.1. The summed E-state index contributed by atoms with van der Waals surface area (Å²) in [5, 5.41) is 0. The average Bonchev–Trinajstić information content (AvgIpc) is 2.78. The van der Waals surface area contributed by atoms with E-state index < -0.39 is 0 Å². The van der Waals surface area contributed by atoms with Gasteiger partial charge in [-0.05, 0) is 38.6 Å². The van der Waals surface area contributed by atoms with Crippen LogP contribution in [-0.2, 0) is 4.79 Å². The van der Waals surface area contributed by atoms with Gasteiger partial charge >= 0.3 is 0 Å². The second kappa shape index (κ2) is 4.48. The van der Waals surface area contributed by atoms with E-state index in [2.05, 4.69) is 25.7 Å². The Labute approximate surface area is 99.4 Å². The van der Waals surface area contributed by atoms with E-state index in [4.69, 9.17) is 0 Å². The van der Waals surface area contributed by atoms with Gasteiger partial charge in [-0.15, -0.1) is 0 Å². The molecule has 1 saturated carbocycles. The summed E-state index contributed by atoms with van der Waals surface area (Å²) in [6.07, 6.45) is 6.09. The molecular weight excluding hydrogens is 198 g/mol. The van der Waals surface area contributed by atoms with Crippen LogP contribution in [-0.4, -0.2) is 29.8 Å². The van der Waals surface area contributed by atoms with Crippen molar-refractivity contribution < 1.29 is 4.79 Å². The molecule has 2 aliphatic rings. The fraction of sp³-hybridized carbons (Fsp3) is 0.929. The molecule has 0 spiro atoms. The first-order valence-corrected chi connectivity index (χ1v) is 6.83. The molecule has 0 aromatic carbocycles. The van der Waals surface area contributed by atoms with Gasteiger partial charge in [0.2, 0.25) is 0 Å². The summed E-state index contributed by atoms with van der Waals surface area (Å²) in [6, 6.07) is 0.747. The van der Waals surface area contributed by atoms with Crippen LogP contribution in [0.1, 0.15) is 52.9 Å². The van der Waals surface area contributed by atoms with Crippen LogP contribution in [0.2, 0.25) is 0 Å². The molecule has 1 aliphatic carbocycles. The summed E-state index contributed by atoms with van der Waals surface area (Å²) in [7, 11) is 0. The molecular formula is C14H25NO. The van der Waals surface area contributed by atoms with Crippen molar-refractivity contribution in [2.24, 2.45) is 11.3 Å². The summed E-state index contributed by atoms with van der Waals surface area (Å²) in [5.41, 5.74) is -0.0495. The number of Topliss-reactive ketones (excluding diaryl/α,β-unsaturated/α-hetero) is 1. The van der Waals surface area contributed by atoms with Crippen molar-refractivity contribution >= 4 is 5.78 Å². The predicted molar refractivity (Wildman–Crippen MR) is 66.4 cm³/mol. The summed E-state index contributed by atoms with van der Waals surface area (Å²) in [4.78, 5) is 14.7. The van der Waals surface area contributed by atoms with Crippen LogP contribution in [0.5, 0.6) is 0 Å². The average molecular weight is 223 g/mol. The number of likely N-dealkylation sites (tertiary alicyclic amines) is 1. The van der Waals surface area contributed by atoms with Crippen LogP contribution in [0.3, 0.4) is 0 Å². The Balaban J connectivity index is 1.93. The van der Waals surface area contributed by atoms with Gasteiger partial charge in [0.05, 0.1) is 0 Å². The zero-order valence-corrected chi connectivity index (χ0v) is 11.0. The minimum absolute atomic E-state index is 0.0495. The fourth-order valence-corrected chi connectivity index (χ4v) is 3.40. The van der Waals surface area contributed by atoms with E-state index in [1.807, 2.05) is 0 Å². The van der Waals surface area contributed by atoms with E-state index in [9.17, 15) is 4.79 Å². The third-order valence-corrected chi connectivity index (χ3v) is 4.58. The molecule has 1 saturated heterocycles. The normalized spacial score (nSPS) is 34.8. The van der Waals surface area contributed by atoms with E-state index >= 15 is 0 Å². The minimum Gasteiger partial charge on any atom is -0.300 e. The van der Waals surface area contributed by atoms with Gasteiger partial charge in [0, 0.05) is 23.9 Å². The first-order valence-electron chi connectivity index (χ1n) is 6.83. The highest BCUT2D eigenvalue weighted by molar-refractivity contribution is 5.88. The fourth-order valence-electron chi connectivity index (χ4n) is 3.40. The zero-order chi connectivity index (χ0) is 11.8. The first-order chi connectivity index (χ1) is 7.54. The number of ketones is 1. The Morgan fingerprint density at radius 1 is 1.38 bits per heavy atom. The van der Waals surface area contributed by atoms with E-state index in [0.29, 0.717) is 11.7 Å². The third kappa shape index (κ3) is 2.17. The van der Waals surface area contributed by atoms with Gasteiger partial charge in [-0.25, -0.2) is 0 Å². The lowest BCUT2D eigenvalue weighted by molar-refractivity contribution is -0.128. The third-order valence-electron chi connectivity index (χ3n) is 4.58. The van der Waals surface area contributed by atoms with Crippen LogP contribution in [0.15, 0.2) is 0 Å². The first kappa shape index (κ1) is 12.1. The smallest absolute Gasteiger partial charge is 0.142 e. The van der Waals surface area contributed by atoms with E-state index in [1.165, 1.54) is 25.8 Å². The Bertz CT molecular complexity index is 272. The molecule has 2 unspecified atom stereocenters. The highest BCUT2D eigenvalue weighted by Gasteiger charge is 2.41. The SMILES string of the molecule is CCC1CCCN1CC1CCC(C)(C)C1=O. The second-order valence-electron chi connectivity index (χ2n) is 6.18. The largest absolute Gasteiger partial charge is 0.300 e. The number of carbonyl (C=O) groups is 1. The molecule has 1 heterocycles. The van der Waals surface area contributed by atoms with Crippen molar-refractivity contribution in [2.75, 3.05) is 13.1 Å². The number of hydrogen-bond donors (Lipinski definition) is 0. The predicted octanol–water partition coefficient (Wildman–Crippen LogP) is 2.87. The van der Waals surface area contributed by atoms with Crippen LogP contribution >= 0.6 is 0 Å². The molecule has 0 aromatic heterocycles. The topological polar surface area (TPSA) is 20.3 Å². The second-order valence-corrected chi connectivity index (χ2v) is 6.18. The standard InChI is InChI=1S/C14H25NO/c1-4-12-6-5-9-15(12)10-11-7-8-14(2,3)13(11)16/h11-12H,4-10H2,1-3H3. The maximum Gasteiger partial charge on any atom is 0.142 e. The number of rotatable bonds is 3. The molecule has 0 N–H and O–H groups in total. The van der Waals surface area contributed by atoms with Crippen LogP contribution in [0.25, 0.3) is 0 Å². The van der Waals surface area contributed by atoms with Crippen molar-refractivity contribution in [3.8, 4) is 0 Å². The summed E-state index contributed by atoms with van der Waals surface area (Å²) in [6.45, 7) is 8.72. The molecule has 2 heteroatoms. The van der Waals surface area contributed by atoms with Gasteiger partial charge in [0.25, 0.3) is 0 Å². The number of hydrogen-bond acceptors (Lipinski definition) is 2. The monoisotopic (exact) mass is 223 g/mol.